The van der Waals surface area contributed by atoms with Crippen molar-refractivity contribution in [2.75, 3.05) is 24.9 Å². The Kier molecular flexibility index (Phi) is 20.3. The molecule has 8 rings (SSSR count). The van der Waals surface area contributed by atoms with Crippen LogP contribution in [0.4, 0.5) is 11.6 Å². The summed E-state index contributed by atoms with van der Waals surface area (Å²) in [7, 11) is 1.31. The van der Waals surface area contributed by atoms with Gasteiger partial charge in [-0.25, -0.2) is 29.5 Å². The van der Waals surface area contributed by atoms with Crippen molar-refractivity contribution in [1.82, 2.24) is 19.9 Å². The minimum atomic E-state index is -1.43. The van der Waals surface area contributed by atoms with Gasteiger partial charge in [0, 0.05) is 30.8 Å². The lowest BCUT2D eigenvalue weighted by Crippen LogP contribution is -2.33. The van der Waals surface area contributed by atoms with Gasteiger partial charge in [0.25, 0.3) is 0 Å². The highest BCUT2D eigenvalue weighted by Crippen LogP contribution is 2.22. The van der Waals surface area contributed by atoms with Gasteiger partial charge in [-0.2, -0.15) is 0 Å². The van der Waals surface area contributed by atoms with Crippen molar-refractivity contribution in [2.45, 2.75) is 38.1 Å². The Labute approximate surface area is 412 Å². The summed E-state index contributed by atoms with van der Waals surface area (Å²) in [6, 6.07) is 56.0. The molecule has 2 aromatic heterocycles. The first-order valence-corrected chi connectivity index (χ1v) is 22.5. The molecule has 8 aromatic rings. The quantitative estimate of drug-likeness (QED) is 0.0366. The van der Waals surface area contributed by atoms with Crippen molar-refractivity contribution in [3.8, 4) is 22.9 Å². The smallest absolute Gasteiger partial charge is 0.488 e. The molecule has 14 nitrogen and oxygen atoms in total. The maximum atomic E-state index is 12.3. The fraction of sp³-hybridized carbons (Fsp3) is 0.148. The molecule has 2 heterocycles. The van der Waals surface area contributed by atoms with E-state index in [0.717, 1.165) is 33.6 Å². The van der Waals surface area contributed by atoms with E-state index in [1.54, 1.807) is 42.6 Å². The zero-order valence-electron chi connectivity index (χ0n) is 38.5. The number of hydrogen-bond acceptors (Lipinski definition) is 14. The van der Waals surface area contributed by atoms with Crippen molar-refractivity contribution < 1.29 is 38.6 Å². The van der Waals surface area contributed by atoms with E-state index in [-0.39, 0.29) is 17.2 Å². The van der Waals surface area contributed by atoms with E-state index >= 15 is 0 Å². The van der Waals surface area contributed by atoms with Gasteiger partial charge >= 0.3 is 19.1 Å². The molecule has 2 unspecified atom stereocenters. The van der Waals surface area contributed by atoms with E-state index in [1.807, 2.05) is 146 Å². The van der Waals surface area contributed by atoms with Crippen LogP contribution in [0.1, 0.15) is 22.3 Å². The lowest BCUT2D eigenvalue weighted by atomic mass is 9.80. The number of aromatic nitrogens is 4. The molecule has 70 heavy (non-hydrogen) atoms. The molecule has 0 aliphatic rings. The Morgan fingerprint density at radius 2 is 0.929 bits per heavy atom. The number of anilines is 2. The summed E-state index contributed by atoms with van der Waals surface area (Å²) in [6.45, 7) is 1.01. The molecular weight excluding hydrogens is 907 g/mol. The number of ether oxygens (including phenoxy) is 4. The lowest BCUT2D eigenvalue weighted by molar-refractivity contribution is -0.142. The van der Waals surface area contributed by atoms with Gasteiger partial charge in [-0.15, -0.1) is 0 Å². The predicted octanol–water partition coefficient (Wildman–Crippen LogP) is 8.19. The fourth-order valence-corrected chi connectivity index (χ4v) is 6.79. The molecule has 0 radical (unpaired) electrons. The molecule has 0 saturated heterocycles. The number of benzene rings is 6. The maximum Gasteiger partial charge on any atom is 0.488 e. The van der Waals surface area contributed by atoms with Gasteiger partial charge in [-0.1, -0.05) is 133 Å². The molecule has 0 aliphatic heterocycles. The lowest BCUT2D eigenvalue weighted by Gasteiger charge is -2.17. The molecule has 2 atom stereocenters. The van der Waals surface area contributed by atoms with Gasteiger partial charge in [-0.05, 0) is 87.8 Å². The maximum absolute atomic E-state index is 12.3. The summed E-state index contributed by atoms with van der Waals surface area (Å²) in [5.74, 6) is 2.36. The van der Waals surface area contributed by atoms with Crippen LogP contribution in [0.3, 0.4) is 0 Å². The van der Waals surface area contributed by atoms with E-state index in [2.05, 4.69) is 30.6 Å². The van der Waals surface area contributed by atoms with Crippen LogP contribution in [-0.4, -0.2) is 75.3 Å². The second kappa shape index (κ2) is 27.6. The van der Waals surface area contributed by atoms with E-state index < -0.39 is 19.2 Å². The van der Waals surface area contributed by atoms with E-state index in [4.69, 9.17) is 40.6 Å². The van der Waals surface area contributed by atoms with Gasteiger partial charge in [0.2, 0.25) is 5.28 Å². The summed E-state index contributed by atoms with van der Waals surface area (Å²) in [5.41, 5.74) is 5.56. The molecule has 4 N–H and O–H groups in total. The Morgan fingerprint density at radius 1 is 0.529 bits per heavy atom. The topological polar surface area (TPSA) is 187 Å². The normalized spacial score (nSPS) is 11.2. The molecule has 0 saturated carbocycles. The first-order valence-electron chi connectivity index (χ1n) is 22.1. The molecule has 16 heteroatoms. The number of carbonyl (C=O) groups is 2. The number of hydrogen-bond donors (Lipinski definition) is 4. The molecule has 0 bridgehead atoms. The second-order valence-corrected chi connectivity index (χ2v) is 15.6. The minimum absolute atomic E-state index is 0.123. The number of halogens is 1. The third-order valence-corrected chi connectivity index (χ3v) is 10.4. The highest BCUT2D eigenvalue weighted by molar-refractivity contribution is 6.58. The Hall–Kier alpha value is -8.11. The van der Waals surface area contributed by atoms with Crippen molar-refractivity contribution in [3.05, 3.63) is 222 Å². The molecule has 0 fully saturated rings. The van der Waals surface area contributed by atoms with E-state index in [1.165, 1.54) is 20.4 Å². The van der Waals surface area contributed by atoms with E-state index in [0.29, 0.717) is 54.7 Å². The minimum Gasteiger partial charge on any atom is -0.489 e. The average Bonchev–Trinajstić information content (AvgIpc) is 3.41. The monoisotopic (exact) mass is 958 g/mol. The van der Waals surface area contributed by atoms with Crippen LogP contribution in [0.25, 0.3) is 11.4 Å². The Bertz CT molecular complexity index is 2790. The molecule has 0 amide bonds. The third-order valence-electron chi connectivity index (χ3n) is 10.3. The van der Waals surface area contributed by atoms with Crippen LogP contribution < -0.4 is 25.6 Å². The van der Waals surface area contributed by atoms with Crippen LogP contribution in [0.2, 0.25) is 5.28 Å². The van der Waals surface area contributed by atoms with Crippen LogP contribution in [0.5, 0.6) is 11.5 Å². The van der Waals surface area contributed by atoms with Crippen LogP contribution >= 0.6 is 11.6 Å². The van der Waals surface area contributed by atoms with Crippen molar-refractivity contribution in [3.63, 3.8) is 0 Å². The number of nitrogens with zero attached hydrogens (tertiary/aromatic N) is 4. The summed E-state index contributed by atoms with van der Waals surface area (Å²) in [5, 5.41) is 24.2. The van der Waals surface area contributed by atoms with Gasteiger partial charge in [0.1, 0.15) is 48.4 Å². The Morgan fingerprint density at radius 3 is 1.34 bits per heavy atom. The van der Waals surface area contributed by atoms with Crippen LogP contribution in [0, 0.1) is 0 Å². The van der Waals surface area contributed by atoms with Crippen molar-refractivity contribution in [1.29, 1.82) is 0 Å². The van der Waals surface area contributed by atoms with Gasteiger partial charge < -0.3 is 39.6 Å². The van der Waals surface area contributed by atoms with Gasteiger partial charge in [0.05, 0.1) is 14.2 Å². The molecule has 0 spiro atoms. The molecule has 0 aliphatic carbocycles. The molecular formula is C54H52BClN6O8. The fourth-order valence-electron chi connectivity index (χ4n) is 6.64. The number of methoxy groups -OCH3 is 2. The highest BCUT2D eigenvalue weighted by atomic mass is 35.5. The first-order chi connectivity index (χ1) is 34.1. The summed E-state index contributed by atoms with van der Waals surface area (Å²) >= 11 is 5.72. The number of rotatable bonds is 18. The first kappa shape index (κ1) is 51.3. The van der Waals surface area contributed by atoms with Crippen molar-refractivity contribution >= 4 is 47.8 Å². The number of nitrogens with one attached hydrogen (secondary N) is 2. The average molecular weight is 959 g/mol. The summed E-state index contributed by atoms with van der Waals surface area (Å²) in [6.07, 6.45) is 4.17. The number of carbonyl (C=O) groups excluding carboxylic acids is 2. The zero-order chi connectivity index (χ0) is 49.3. The summed E-state index contributed by atoms with van der Waals surface area (Å²) < 4.78 is 21.2. The largest absolute Gasteiger partial charge is 0.489 e. The Balaban J connectivity index is 0.000000186. The standard InChI is InChI=1S/C27H25N3O3.C14H14ClN3O2.C13H13BO3/c1-32-27(31)24(18-20-8-4-2-5-9-20)29-25-16-17-28-26(30-25)22-12-14-23(15-13-22)33-19-21-10-6-3-7-11-21;1-20-13(19)11(9-10-5-3-2-4-6-10)17-12-7-8-16-14(15)18-12;15-14(16)12-6-8-13(9-7-12)17-10-11-4-2-1-3-5-11/h2-17,24H,18-19H2,1H3,(H,28,29,30);2-8,11H,9H2,1H3,(H,16,17,18);1-9,15-16H,10H2. The second-order valence-electron chi connectivity index (χ2n) is 15.3. The SMILES string of the molecule is COC(=O)C(Cc1ccccc1)Nc1ccnc(-c2ccc(OCc3ccccc3)cc2)n1.COC(=O)C(Cc1ccccc1)Nc1ccnc(Cl)n1.OB(O)c1ccc(OCc2ccccc2)cc1. The van der Waals surface area contributed by atoms with Crippen LogP contribution in [-0.2, 0) is 45.1 Å². The zero-order valence-corrected chi connectivity index (χ0v) is 39.3. The molecule has 6 aromatic carbocycles. The van der Waals surface area contributed by atoms with Crippen molar-refractivity contribution in [2.24, 2.45) is 0 Å². The molecule has 356 valence electrons. The number of esters is 2. The highest BCUT2D eigenvalue weighted by Gasteiger charge is 2.22. The van der Waals surface area contributed by atoms with Gasteiger partial charge in [-0.3, -0.25) is 0 Å². The van der Waals surface area contributed by atoms with Crippen LogP contribution in [0.15, 0.2) is 194 Å². The van der Waals surface area contributed by atoms with E-state index in [9.17, 15) is 9.59 Å². The predicted molar refractivity (Wildman–Crippen MR) is 271 cm³/mol. The summed E-state index contributed by atoms with van der Waals surface area (Å²) in [4.78, 5) is 41.0. The third kappa shape index (κ3) is 17.2. The van der Waals surface area contributed by atoms with Gasteiger partial charge in [0.15, 0.2) is 5.82 Å².